The van der Waals surface area contributed by atoms with Gasteiger partial charge < -0.3 is 10.5 Å². The summed E-state index contributed by atoms with van der Waals surface area (Å²) in [5, 5.41) is 0. The second kappa shape index (κ2) is 4.66. The first-order chi connectivity index (χ1) is 7.99. The number of nitrogens with two attached hydrogens (primary N) is 1. The first-order valence-corrected chi connectivity index (χ1v) is 7.31. The predicted molar refractivity (Wildman–Crippen MR) is 66.6 cm³/mol. The third-order valence-electron chi connectivity index (χ3n) is 2.98. The molecule has 1 aromatic carbocycles. The van der Waals surface area contributed by atoms with Crippen molar-refractivity contribution in [1.82, 2.24) is 0 Å². The minimum absolute atomic E-state index is 0.0979. The van der Waals surface area contributed by atoms with Crippen LogP contribution in [0.4, 0.5) is 5.69 Å². The van der Waals surface area contributed by atoms with E-state index in [0.29, 0.717) is 18.9 Å². The molecule has 1 unspecified atom stereocenters. The molecular weight excluding hydrogens is 238 g/mol. The van der Waals surface area contributed by atoms with Gasteiger partial charge in [0.25, 0.3) is 0 Å². The van der Waals surface area contributed by atoms with E-state index >= 15 is 0 Å². The molecule has 17 heavy (non-hydrogen) atoms. The molecule has 1 aliphatic rings. The van der Waals surface area contributed by atoms with E-state index in [2.05, 4.69) is 0 Å². The van der Waals surface area contributed by atoms with Gasteiger partial charge in [0.1, 0.15) is 0 Å². The summed E-state index contributed by atoms with van der Waals surface area (Å²) in [6.45, 7) is 3.08. The normalized spacial score (nSPS) is 20.6. The van der Waals surface area contributed by atoms with Crippen molar-refractivity contribution >= 4 is 15.5 Å². The Morgan fingerprint density at radius 1 is 1.47 bits per heavy atom. The first kappa shape index (κ1) is 12.4. The Bertz CT molecular complexity index is 504. The summed E-state index contributed by atoms with van der Waals surface area (Å²) in [7, 11) is -3.30. The summed E-state index contributed by atoms with van der Waals surface area (Å²) < 4.78 is 29.6. The topological polar surface area (TPSA) is 69.4 Å². The van der Waals surface area contributed by atoms with Gasteiger partial charge in [-0.15, -0.1) is 0 Å². The number of ether oxygens (including phenoxy) is 1. The molecule has 2 rings (SSSR count). The average molecular weight is 255 g/mol. The van der Waals surface area contributed by atoms with E-state index in [1.54, 1.807) is 18.2 Å². The Hall–Kier alpha value is -1.07. The predicted octanol–water partition coefficient (Wildman–Crippen LogP) is 1.39. The summed E-state index contributed by atoms with van der Waals surface area (Å²) in [6.07, 6.45) is 0.811. The molecule has 0 amide bonds. The van der Waals surface area contributed by atoms with Gasteiger partial charge in [0, 0.05) is 6.61 Å². The lowest BCUT2D eigenvalue weighted by Crippen LogP contribution is -2.17. The molecule has 0 saturated carbocycles. The number of hydrogen-bond acceptors (Lipinski definition) is 4. The lowest BCUT2D eigenvalue weighted by Gasteiger charge is -2.11. The zero-order valence-corrected chi connectivity index (χ0v) is 10.7. The van der Waals surface area contributed by atoms with Crippen LogP contribution < -0.4 is 5.73 Å². The maximum Gasteiger partial charge on any atom is 0.180 e. The van der Waals surface area contributed by atoms with Crippen LogP contribution in [0.1, 0.15) is 12.0 Å². The summed E-state index contributed by atoms with van der Waals surface area (Å²) in [5.41, 5.74) is 7.07. The molecule has 0 aromatic heterocycles. The second-order valence-corrected chi connectivity index (χ2v) is 6.55. The van der Waals surface area contributed by atoms with Gasteiger partial charge in [-0.3, -0.25) is 0 Å². The standard InChI is InChI=1S/C12H17NO3S/c1-9-2-3-12(11(13)6-9)17(14,15)8-10-4-5-16-7-10/h2-3,6,10H,4-5,7-8,13H2,1H3. The van der Waals surface area contributed by atoms with Crippen LogP contribution in [0.3, 0.4) is 0 Å². The summed E-state index contributed by atoms with van der Waals surface area (Å²) in [4.78, 5) is 0.245. The van der Waals surface area contributed by atoms with Crippen LogP contribution in [-0.4, -0.2) is 27.4 Å². The Labute approximate surface area is 102 Å². The molecule has 1 saturated heterocycles. The molecule has 1 heterocycles. The summed E-state index contributed by atoms with van der Waals surface area (Å²) in [6, 6.07) is 5.06. The van der Waals surface area contributed by atoms with E-state index in [-0.39, 0.29) is 16.6 Å². The highest BCUT2D eigenvalue weighted by atomic mass is 32.2. The Morgan fingerprint density at radius 3 is 2.82 bits per heavy atom. The van der Waals surface area contributed by atoms with Crippen molar-refractivity contribution in [3.8, 4) is 0 Å². The van der Waals surface area contributed by atoms with Gasteiger partial charge in [0.15, 0.2) is 9.84 Å². The molecule has 4 nitrogen and oxygen atoms in total. The van der Waals surface area contributed by atoms with Gasteiger partial charge in [-0.25, -0.2) is 8.42 Å². The van der Waals surface area contributed by atoms with Gasteiger partial charge >= 0.3 is 0 Å². The highest BCUT2D eigenvalue weighted by molar-refractivity contribution is 7.91. The number of hydrogen-bond donors (Lipinski definition) is 1. The molecule has 94 valence electrons. The van der Waals surface area contributed by atoms with E-state index in [9.17, 15) is 8.42 Å². The van der Waals surface area contributed by atoms with Crippen molar-refractivity contribution in [1.29, 1.82) is 0 Å². The first-order valence-electron chi connectivity index (χ1n) is 5.65. The molecule has 1 aromatic rings. The molecule has 1 aliphatic heterocycles. The number of sulfone groups is 1. The molecule has 1 atom stereocenters. The minimum atomic E-state index is -3.30. The maximum atomic E-state index is 12.2. The molecule has 1 fully saturated rings. The smallest absolute Gasteiger partial charge is 0.180 e. The van der Waals surface area contributed by atoms with Crippen molar-refractivity contribution in [3.63, 3.8) is 0 Å². The highest BCUT2D eigenvalue weighted by Crippen LogP contribution is 2.24. The van der Waals surface area contributed by atoms with E-state index in [1.165, 1.54) is 0 Å². The Balaban J connectivity index is 2.24. The average Bonchev–Trinajstić information content (AvgIpc) is 2.68. The van der Waals surface area contributed by atoms with Gasteiger partial charge in [0.2, 0.25) is 0 Å². The monoisotopic (exact) mass is 255 g/mol. The molecule has 0 aliphatic carbocycles. The maximum absolute atomic E-state index is 12.2. The number of nitrogen functional groups attached to an aromatic ring is 1. The van der Waals surface area contributed by atoms with Crippen LogP contribution in [-0.2, 0) is 14.6 Å². The van der Waals surface area contributed by atoms with Crippen LogP contribution in [0.2, 0.25) is 0 Å². The second-order valence-electron chi connectivity index (χ2n) is 4.55. The van der Waals surface area contributed by atoms with Gasteiger partial charge in [-0.1, -0.05) is 6.07 Å². The Kier molecular flexibility index (Phi) is 3.40. The van der Waals surface area contributed by atoms with Crippen LogP contribution in [0.15, 0.2) is 23.1 Å². The van der Waals surface area contributed by atoms with Crippen molar-refractivity contribution in [2.24, 2.45) is 5.92 Å². The number of aryl methyl sites for hydroxylation is 1. The lowest BCUT2D eigenvalue weighted by molar-refractivity contribution is 0.188. The number of rotatable bonds is 3. The third kappa shape index (κ3) is 2.79. The quantitative estimate of drug-likeness (QED) is 0.829. The molecule has 5 heteroatoms. The van der Waals surface area contributed by atoms with Gasteiger partial charge in [0.05, 0.1) is 22.9 Å². The van der Waals surface area contributed by atoms with Gasteiger partial charge in [-0.05, 0) is 37.0 Å². The van der Waals surface area contributed by atoms with Crippen molar-refractivity contribution < 1.29 is 13.2 Å². The van der Waals surface area contributed by atoms with Crippen LogP contribution >= 0.6 is 0 Å². The minimum Gasteiger partial charge on any atom is -0.398 e. The third-order valence-corrected chi connectivity index (χ3v) is 4.93. The summed E-state index contributed by atoms with van der Waals surface area (Å²) in [5.74, 6) is 0.223. The lowest BCUT2D eigenvalue weighted by atomic mass is 10.2. The number of benzene rings is 1. The zero-order valence-electron chi connectivity index (χ0n) is 9.85. The molecule has 0 spiro atoms. The molecule has 0 bridgehead atoms. The van der Waals surface area contributed by atoms with Crippen molar-refractivity contribution in [3.05, 3.63) is 23.8 Å². The fourth-order valence-corrected chi connectivity index (χ4v) is 3.82. The largest absolute Gasteiger partial charge is 0.398 e. The van der Waals surface area contributed by atoms with E-state index in [0.717, 1.165) is 12.0 Å². The van der Waals surface area contributed by atoms with Crippen LogP contribution in [0.5, 0.6) is 0 Å². The highest BCUT2D eigenvalue weighted by Gasteiger charge is 2.25. The van der Waals surface area contributed by atoms with Gasteiger partial charge in [-0.2, -0.15) is 0 Å². The van der Waals surface area contributed by atoms with E-state index in [1.807, 2.05) is 6.92 Å². The van der Waals surface area contributed by atoms with Crippen LogP contribution in [0, 0.1) is 12.8 Å². The summed E-state index contributed by atoms with van der Waals surface area (Å²) >= 11 is 0. The van der Waals surface area contributed by atoms with Crippen LogP contribution in [0.25, 0.3) is 0 Å². The number of anilines is 1. The van der Waals surface area contributed by atoms with E-state index in [4.69, 9.17) is 10.5 Å². The molecular formula is C12H17NO3S. The van der Waals surface area contributed by atoms with E-state index < -0.39 is 9.84 Å². The zero-order chi connectivity index (χ0) is 12.5. The molecule has 0 radical (unpaired) electrons. The van der Waals surface area contributed by atoms with Crippen molar-refractivity contribution in [2.75, 3.05) is 24.7 Å². The Morgan fingerprint density at radius 2 is 2.24 bits per heavy atom. The fourth-order valence-electron chi connectivity index (χ4n) is 2.07. The SMILES string of the molecule is Cc1ccc(S(=O)(=O)CC2CCOC2)c(N)c1. The fraction of sp³-hybridized carbons (Fsp3) is 0.500. The van der Waals surface area contributed by atoms with Crippen molar-refractivity contribution in [2.45, 2.75) is 18.2 Å². The molecule has 2 N–H and O–H groups in total.